The first kappa shape index (κ1) is 14.8. The van der Waals surface area contributed by atoms with Gasteiger partial charge in [0.2, 0.25) is 0 Å². The minimum Gasteiger partial charge on any atom is -0.313 e. The second-order valence-electron chi connectivity index (χ2n) is 5.83. The van der Waals surface area contributed by atoms with Gasteiger partial charge in [-0.25, -0.2) is 0 Å². The number of hydrogen-bond acceptors (Lipinski definition) is 1. The van der Waals surface area contributed by atoms with Crippen LogP contribution in [0, 0.1) is 27.7 Å². The molecular weight excluding hydrogens is 242 g/mol. The lowest BCUT2D eigenvalue weighted by Crippen LogP contribution is -2.20. The van der Waals surface area contributed by atoms with E-state index < -0.39 is 0 Å². The molecule has 0 radical (unpaired) electrons. The number of benzene rings is 2. The number of rotatable bonds is 4. The fourth-order valence-corrected chi connectivity index (χ4v) is 2.80. The van der Waals surface area contributed by atoms with Crippen molar-refractivity contribution in [1.82, 2.24) is 5.32 Å². The molecule has 2 aromatic carbocycles. The highest BCUT2D eigenvalue weighted by molar-refractivity contribution is 5.39. The molecule has 106 valence electrons. The molecule has 0 aromatic heterocycles. The van der Waals surface area contributed by atoms with E-state index in [1.54, 1.807) is 0 Å². The zero-order valence-corrected chi connectivity index (χ0v) is 13.2. The Morgan fingerprint density at radius 3 is 2.25 bits per heavy atom. The molecule has 0 heterocycles. The molecule has 0 saturated heterocycles. The Morgan fingerprint density at radius 2 is 1.60 bits per heavy atom. The van der Waals surface area contributed by atoms with Crippen LogP contribution in [0.15, 0.2) is 36.4 Å². The average molecular weight is 267 g/mol. The van der Waals surface area contributed by atoms with Crippen molar-refractivity contribution in [3.8, 4) is 0 Å². The smallest absolute Gasteiger partial charge is 0.0361 e. The van der Waals surface area contributed by atoms with Gasteiger partial charge in [-0.15, -0.1) is 0 Å². The van der Waals surface area contributed by atoms with Crippen LogP contribution in [0.4, 0.5) is 0 Å². The van der Waals surface area contributed by atoms with Crippen LogP contribution in [-0.4, -0.2) is 7.05 Å². The summed E-state index contributed by atoms with van der Waals surface area (Å²) in [4.78, 5) is 0. The maximum atomic E-state index is 3.47. The summed E-state index contributed by atoms with van der Waals surface area (Å²) < 4.78 is 0. The van der Waals surface area contributed by atoms with Crippen LogP contribution < -0.4 is 5.32 Å². The van der Waals surface area contributed by atoms with Gasteiger partial charge in [0.25, 0.3) is 0 Å². The van der Waals surface area contributed by atoms with Crippen LogP contribution in [0.25, 0.3) is 0 Å². The van der Waals surface area contributed by atoms with E-state index >= 15 is 0 Å². The summed E-state index contributed by atoms with van der Waals surface area (Å²) in [7, 11) is 2.05. The van der Waals surface area contributed by atoms with Crippen molar-refractivity contribution in [3.63, 3.8) is 0 Å². The van der Waals surface area contributed by atoms with Crippen molar-refractivity contribution in [2.75, 3.05) is 7.05 Å². The molecule has 20 heavy (non-hydrogen) atoms. The van der Waals surface area contributed by atoms with Crippen LogP contribution in [0.3, 0.4) is 0 Å². The SMILES string of the molecule is CNC(Cc1cccc(C)c1)c1cc(C)c(C)cc1C. The molecule has 2 rings (SSSR count). The first-order valence-corrected chi connectivity index (χ1v) is 7.32. The average Bonchev–Trinajstić information content (AvgIpc) is 2.40. The van der Waals surface area contributed by atoms with Gasteiger partial charge in [-0.05, 0) is 69.0 Å². The van der Waals surface area contributed by atoms with Gasteiger partial charge in [-0.3, -0.25) is 0 Å². The summed E-state index contributed by atoms with van der Waals surface area (Å²) in [6.07, 6.45) is 1.03. The minimum atomic E-state index is 0.371. The highest BCUT2D eigenvalue weighted by Gasteiger charge is 2.13. The van der Waals surface area contributed by atoms with E-state index in [0.717, 1.165) is 6.42 Å². The minimum absolute atomic E-state index is 0.371. The summed E-state index contributed by atoms with van der Waals surface area (Å²) in [5.41, 5.74) is 8.25. The highest BCUT2D eigenvalue weighted by Crippen LogP contribution is 2.24. The van der Waals surface area contributed by atoms with Gasteiger partial charge in [0.05, 0.1) is 0 Å². The summed E-state index contributed by atoms with van der Waals surface area (Å²) in [6, 6.07) is 13.8. The lowest BCUT2D eigenvalue weighted by atomic mass is 9.92. The fourth-order valence-electron chi connectivity index (χ4n) is 2.80. The molecule has 1 unspecified atom stereocenters. The molecule has 1 N–H and O–H groups in total. The van der Waals surface area contributed by atoms with Gasteiger partial charge in [0.1, 0.15) is 0 Å². The van der Waals surface area contributed by atoms with Crippen molar-refractivity contribution in [3.05, 3.63) is 69.8 Å². The van der Waals surface area contributed by atoms with Crippen molar-refractivity contribution >= 4 is 0 Å². The molecule has 0 saturated carbocycles. The van der Waals surface area contributed by atoms with Crippen LogP contribution in [0.5, 0.6) is 0 Å². The van der Waals surface area contributed by atoms with Crippen molar-refractivity contribution in [2.24, 2.45) is 0 Å². The zero-order chi connectivity index (χ0) is 14.7. The molecule has 0 aliphatic rings. The van der Waals surface area contributed by atoms with E-state index in [0.29, 0.717) is 6.04 Å². The van der Waals surface area contributed by atoms with Gasteiger partial charge >= 0.3 is 0 Å². The van der Waals surface area contributed by atoms with E-state index in [2.05, 4.69) is 76.5 Å². The number of hydrogen-bond donors (Lipinski definition) is 1. The summed E-state index contributed by atoms with van der Waals surface area (Å²) >= 11 is 0. The van der Waals surface area contributed by atoms with Crippen molar-refractivity contribution in [1.29, 1.82) is 0 Å². The normalized spacial score (nSPS) is 12.4. The molecule has 0 amide bonds. The first-order valence-electron chi connectivity index (χ1n) is 7.32. The second-order valence-corrected chi connectivity index (χ2v) is 5.83. The molecule has 0 spiro atoms. The quantitative estimate of drug-likeness (QED) is 0.864. The summed E-state index contributed by atoms with van der Waals surface area (Å²) in [6.45, 7) is 8.74. The van der Waals surface area contributed by atoms with E-state index in [1.165, 1.54) is 33.4 Å². The predicted molar refractivity (Wildman–Crippen MR) is 87.3 cm³/mol. The van der Waals surface area contributed by atoms with Gasteiger partial charge in [-0.2, -0.15) is 0 Å². The van der Waals surface area contributed by atoms with E-state index in [4.69, 9.17) is 0 Å². The third-order valence-corrected chi connectivity index (χ3v) is 4.13. The topological polar surface area (TPSA) is 12.0 Å². The van der Waals surface area contributed by atoms with Gasteiger partial charge in [-0.1, -0.05) is 42.0 Å². The molecule has 2 aromatic rings. The first-order chi connectivity index (χ1) is 9.51. The Hall–Kier alpha value is -1.60. The largest absolute Gasteiger partial charge is 0.313 e. The molecule has 0 bridgehead atoms. The van der Waals surface area contributed by atoms with Crippen LogP contribution >= 0.6 is 0 Å². The molecule has 1 heteroatoms. The maximum Gasteiger partial charge on any atom is 0.0361 e. The summed E-state index contributed by atoms with van der Waals surface area (Å²) in [5, 5.41) is 3.47. The third kappa shape index (κ3) is 3.29. The Morgan fingerprint density at radius 1 is 0.900 bits per heavy atom. The molecule has 1 nitrogen and oxygen atoms in total. The Bertz CT molecular complexity index is 599. The Kier molecular flexibility index (Phi) is 4.61. The number of likely N-dealkylation sites (N-methyl/N-ethyl adjacent to an activating group) is 1. The van der Waals surface area contributed by atoms with E-state index in [9.17, 15) is 0 Å². The molecule has 0 fully saturated rings. The lowest BCUT2D eigenvalue weighted by Gasteiger charge is -2.21. The lowest BCUT2D eigenvalue weighted by molar-refractivity contribution is 0.588. The fraction of sp³-hybridized carbons (Fsp3) is 0.368. The molecular formula is C19H25N. The Balaban J connectivity index is 2.31. The standard InChI is InChI=1S/C19H25N/c1-13-7-6-8-17(9-13)12-19(20-5)18-11-15(3)14(2)10-16(18)4/h6-11,19-20H,12H2,1-5H3. The van der Waals surface area contributed by atoms with Crippen molar-refractivity contribution < 1.29 is 0 Å². The summed E-state index contributed by atoms with van der Waals surface area (Å²) in [5.74, 6) is 0. The van der Waals surface area contributed by atoms with Gasteiger partial charge in [0, 0.05) is 6.04 Å². The number of aryl methyl sites for hydroxylation is 4. The zero-order valence-electron chi connectivity index (χ0n) is 13.2. The predicted octanol–water partition coefficient (Wildman–Crippen LogP) is 4.42. The third-order valence-electron chi connectivity index (χ3n) is 4.13. The molecule has 0 aliphatic heterocycles. The van der Waals surface area contributed by atoms with Crippen molar-refractivity contribution in [2.45, 2.75) is 40.2 Å². The monoisotopic (exact) mass is 267 g/mol. The second kappa shape index (κ2) is 6.23. The van der Waals surface area contributed by atoms with Crippen LogP contribution in [0.2, 0.25) is 0 Å². The van der Waals surface area contributed by atoms with E-state index in [1.807, 2.05) is 0 Å². The Labute approximate surface area is 123 Å². The van der Waals surface area contributed by atoms with Gasteiger partial charge in [0.15, 0.2) is 0 Å². The molecule has 0 aliphatic carbocycles. The maximum absolute atomic E-state index is 3.47. The van der Waals surface area contributed by atoms with E-state index in [-0.39, 0.29) is 0 Å². The highest BCUT2D eigenvalue weighted by atomic mass is 14.9. The number of nitrogens with one attached hydrogen (secondary N) is 1. The van der Waals surface area contributed by atoms with Crippen LogP contribution in [-0.2, 0) is 6.42 Å². The molecule has 1 atom stereocenters. The van der Waals surface area contributed by atoms with Gasteiger partial charge < -0.3 is 5.32 Å². The van der Waals surface area contributed by atoms with Crippen LogP contribution in [0.1, 0.15) is 39.4 Å².